The van der Waals surface area contributed by atoms with Crippen LogP contribution in [-0.2, 0) is 29.0 Å². The van der Waals surface area contributed by atoms with Crippen molar-refractivity contribution in [3.05, 3.63) is 101 Å². The van der Waals surface area contributed by atoms with Gasteiger partial charge in [-0.25, -0.2) is 0 Å². The second-order valence-corrected chi connectivity index (χ2v) is 8.35. The van der Waals surface area contributed by atoms with Crippen LogP contribution in [0.4, 0.5) is 0 Å². The van der Waals surface area contributed by atoms with Crippen LogP contribution in [-0.4, -0.2) is 23.6 Å². The Balaban J connectivity index is 1.44. The van der Waals surface area contributed by atoms with Gasteiger partial charge < -0.3 is 9.47 Å². The summed E-state index contributed by atoms with van der Waals surface area (Å²) in [6.07, 6.45) is 1.87. The fraction of sp³-hybridized carbons (Fsp3) is 0.214. The first-order valence-electron chi connectivity index (χ1n) is 11.2. The van der Waals surface area contributed by atoms with Gasteiger partial charge in [-0.2, -0.15) is 0 Å². The van der Waals surface area contributed by atoms with Gasteiger partial charge in [0.2, 0.25) is 0 Å². The number of hydrogen-bond acceptors (Lipinski definition) is 4. The average molecular weight is 440 g/mol. The second-order valence-electron chi connectivity index (χ2n) is 8.35. The zero-order valence-corrected chi connectivity index (χ0v) is 18.5. The van der Waals surface area contributed by atoms with E-state index in [2.05, 4.69) is 0 Å². The number of ether oxygens (including phenoxy) is 2. The van der Waals surface area contributed by atoms with Gasteiger partial charge in [-0.15, -0.1) is 0 Å². The molecule has 166 valence electrons. The summed E-state index contributed by atoms with van der Waals surface area (Å²) in [7, 11) is 1.59. The van der Waals surface area contributed by atoms with E-state index in [9.17, 15) is 9.59 Å². The fourth-order valence-corrected chi connectivity index (χ4v) is 4.67. The van der Waals surface area contributed by atoms with Gasteiger partial charge in [0.1, 0.15) is 12.4 Å². The Morgan fingerprint density at radius 3 is 2.58 bits per heavy atom. The van der Waals surface area contributed by atoms with Crippen molar-refractivity contribution in [3.8, 4) is 5.75 Å². The topological polar surface area (TPSA) is 57.5 Å². The van der Waals surface area contributed by atoms with E-state index >= 15 is 0 Å². The van der Waals surface area contributed by atoms with Crippen molar-refractivity contribution in [2.75, 3.05) is 7.11 Å². The van der Waals surface area contributed by atoms with Crippen molar-refractivity contribution in [2.45, 2.75) is 25.9 Å². The van der Waals surface area contributed by atoms with Crippen molar-refractivity contribution in [1.29, 1.82) is 0 Å². The van der Waals surface area contributed by atoms with Crippen LogP contribution in [0.3, 0.4) is 0 Å². The van der Waals surface area contributed by atoms with Crippen LogP contribution in [0, 0.1) is 5.92 Å². The van der Waals surface area contributed by atoms with Crippen LogP contribution in [0.5, 0.6) is 5.75 Å². The maximum atomic E-state index is 13.6. The molecule has 4 aromatic rings. The number of nitrogens with zero attached hydrogens (tertiary/aromatic N) is 1. The highest BCUT2D eigenvalue weighted by molar-refractivity contribution is 6.04. The summed E-state index contributed by atoms with van der Waals surface area (Å²) in [5, 5.41) is 1.02. The lowest BCUT2D eigenvalue weighted by atomic mass is 9.86. The van der Waals surface area contributed by atoms with Crippen LogP contribution in [0.25, 0.3) is 10.9 Å². The molecule has 0 N–H and O–H groups in total. The summed E-state index contributed by atoms with van der Waals surface area (Å²) in [6.45, 7) is 0.277. The number of carbonyl (C=O) groups excluding carboxylic acids is 2. The lowest BCUT2D eigenvalue weighted by Crippen LogP contribution is -2.26. The number of para-hydroxylation sites is 1. The van der Waals surface area contributed by atoms with E-state index in [-0.39, 0.29) is 24.4 Å². The molecule has 0 spiro atoms. The van der Waals surface area contributed by atoms with Gasteiger partial charge in [0.25, 0.3) is 5.91 Å². The molecule has 1 heterocycles. The number of benzene rings is 3. The Bertz CT molecular complexity index is 1320. The molecule has 5 rings (SSSR count). The standard InChI is InChI=1S/C28H25NO4/c1-32-22-11-7-10-20(16-22)27(30)29-25-13-6-5-12-23(25)24-17-21(14-15-26(24)29)28(31)33-18-19-8-3-2-4-9-19/h2-13,16,21H,14-15,17-18H2,1H3. The molecular weight excluding hydrogens is 414 g/mol. The molecule has 33 heavy (non-hydrogen) atoms. The number of fused-ring (bicyclic) bond motifs is 3. The third-order valence-corrected chi connectivity index (χ3v) is 6.35. The molecule has 3 aromatic carbocycles. The zero-order valence-electron chi connectivity index (χ0n) is 18.5. The molecule has 0 aliphatic heterocycles. The van der Waals surface area contributed by atoms with Crippen molar-refractivity contribution in [2.24, 2.45) is 5.92 Å². The third-order valence-electron chi connectivity index (χ3n) is 6.35. The highest BCUT2D eigenvalue weighted by Crippen LogP contribution is 2.35. The van der Waals surface area contributed by atoms with E-state index in [1.54, 1.807) is 19.2 Å². The van der Waals surface area contributed by atoms with E-state index in [0.717, 1.165) is 27.7 Å². The molecule has 1 aliphatic rings. The van der Waals surface area contributed by atoms with Crippen LogP contribution < -0.4 is 4.74 Å². The minimum Gasteiger partial charge on any atom is -0.497 e. The van der Waals surface area contributed by atoms with Gasteiger partial charge in [0, 0.05) is 16.6 Å². The molecule has 0 fully saturated rings. The maximum absolute atomic E-state index is 13.6. The van der Waals surface area contributed by atoms with Gasteiger partial charge >= 0.3 is 5.97 Å². The molecule has 1 unspecified atom stereocenters. The number of carbonyl (C=O) groups is 2. The highest BCUT2D eigenvalue weighted by Gasteiger charge is 2.32. The molecule has 0 radical (unpaired) electrons. The molecule has 1 aliphatic carbocycles. The van der Waals surface area contributed by atoms with E-state index in [4.69, 9.17) is 9.47 Å². The predicted molar refractivity (Wildman–Crippen MR) is 126 cm³/mol. The van der Waals surface area contributed by atoms with E-state index in [0.29, 0.717) is 30.6 Å². The maximum Gasteiger partial charge on any atom is 0.309 e. The third kappa shape index (κ3) is 4.02. The van der Waals surface area contributed by atoms with Crippen molar-refractivity contribution >= 4 is 22.8 Å². The van der Waals surface area contributed by atoms with Gasteiger partial charge in [-0.3, -0.25) is 14.2 Å². The van der Waals surface area contributed by atoms with Crippen LogP contribution in [0.15, 0.2) is 78.9 Å². The fourth-order valence-electron chi connectivity index (χ4n) is 4.67. The van der Waals surface area contributed by atoms with Crippen molar-refractivity contribution in [1.82, 2.24) is 4.57 Å². The molecule has 0 amide bonds. The molecule has 5 heteroatoms. The molecule has 0 saturated carbocycles. The SMILES string of the molecule is COc1cccc(C(=O)n2c3c(c4ccccc42)CC(C(=O)OCc2ccccc2)CC3)c1. The molecule has 1 atom stereocenters. The number of hydrogen-bond donors (Lipinski definition) is 0. The van der Waals surface area contributed by atoms with Crippen LogP contribution in [0.2, 0.25) is 0 Å². The van der Waals surface area contributed by atoms with Crippen molar-refractivity contribution in [3.63, 3.8) is 0 Å². The van der Waals surface area contributed by atoms with Crippen molar-refractivity contribution < 1.29 is 19.1 Å². The van der Waals surface area contributed by atoms with E-state index in [1.165, 1.54) is 0 Å². The zero-order chi connectivity index (χ0) is 22.8. The van der Waals surface area contributed by atoms with E-state index in [1.807, 2.05) is 71.3 Å². The Morgan fingerprint density at radius 1 is 0.970 bits per heavy atom. The Hall–Kier alpha value is -3.86. The quantitative estimate of drug-likeness (QED) is 0.402. The molecule has 0 bridgehead atoms. The first-order valence-corrected chi connectivity index (χ1v) is 11.2. The Labute approximate surface area is 192 Å². The summed E-state index contributed by atoms with van der Waals surface area (Å²) < 4.78 is 12.7. The van der Waals surface area contributed by atoms with Gasteiger partial charge in [-0.05, 0) is 54.7 Å². The Kier molecular flexibility index (Phi) is 5.69. The number of rotatable bonds is 5. The monoisotopic (exact) mass is 439 g/mol. The minimum atomic E-state index is -0.215. The number of methoxy groups -OCH3 is 1. The summed E-state index contributed by atoms with van der Waals surface area (Å²) in [5.41, 5.74) is 4.46. The molecule has 0 saturated heterocycles. The van der Waals surface area contributed by atoms with Gasteiger partial charge in [0.05, 0.1) is 18.5 Å². The van der Waals surface area contributed by atoms with Crippen LogP contribution in [0.1, 0.15) is 33.6 Å². The van der Waals surface area contributed by atoms with E-state index < -0.39 is 0 Å². The largest absolute Gasteiger partial charge is 0.497 e. The molecule has 1 aromatic heterocycles. The summed E-state index contributed by atoms with van der Waals surface area (Å²) in [4.78, 5) is 26.4. The lowest BCUT2D eigenvalue weighted by molar-refractivity contribution is -0.150. The van der Waals surface area contributed by atoms with Gasteiger partial charge in [-0.1, -0.05) is 54.6 Å². The normalized spacial score (nSPS) is 15.1. The second kappa shape index (κ2) is 8.94. The summed E-state index contributed by atoms with van der Waals surface area (Å²) in [6, 6.07) is 24.8. The predicted octanol–water partition coefficient (Wildman–Crippen LogP) is 5.19. The van der Waals surface area contributed by atoms with Gasteiger partial charge in [0.15, 0.2) is 0 Å². The first kappa shape index (κ1) is 21.0. The first-order chi connectivity index (χ1) is 16.2. The number of esters is 1. The summed E-state index contributed by atoms with van der Waals surface area (Å²) >= 11 is 0. The van der Waals surface area contributed by atoms with Crippen LogP contribution >= 0.6 is 0 Å². The highest BCUT2D eigenvalue weighted by atomic mass is 16.5. The average Bonchev–Trinajstić information content (AvgIpc) is 3.21. The molecule has 5 nitrogen and oxygen atoms in total. The number of aromatic nitrogens is 1. The smallest absolute Gasteiger partial charge is 0.309 e. The molecular formula is C28H25NO4. The lowest BCUT2D eigenvalue weighted by Gasteiger charge is -2.22. The summed E-state index contributed by atoms with van der Waals surface area (Å²) in [5.74, 6) is 0.164. The minimum absolute atomic E-state index is 0.0866. The Morgan fingerprint density at radius 2 is 1.76 bits per heavy atom.